The van der Waals surface area contributed by atoms with Gasteiger partial charge >= 0.3 is 12.5 Å². The van der Waals surface area contributed by atoms with Gasteiger partial charge in [0.05, 0.1) is 5.54 Å². The van der Waals surface area contributed by atoms with E-state index in [-0.39, 0.29) is 40.9 Å². The number of fused-ring (bicyclic) bond motifs is 1. The van der Waals surface area contributed by atoms with Crippen molar-refractivity contribution in [3.8, 4) is 5.75 Å². The number of piperidine rings is 1. The van der Waals surface area contributed by atoms with Gasteiger partial charge in [0.25, 0.3) is 0 Å². The van der Waals surface area contributed by atoms with Crippen LogP contribution >= 0.6 is 0 Å². The third kappa shape index (κ3) is 2.97. The molecule has 0 unspecified atom stereocenters. The number of cyclic esters (lactones) is 1. The van der Waals surface area contributed by atoms with Gasteiger partial charge < -0.3 is 19.7 Å². The van der Waals surface area contributed by atoms with Gasteiger partial charge in [0.2, 0.25) is 5.91 Å². The number of alkyl carbamates (subject to hydrolysis) is 1. The molecule has 1 aromatic carbocycles. The van der Waals surface area contributed by atoms with E-state index in [0.29, 0.717) is 32.5 Å². The molecule has 4 fully saturated rings. The van der Waals surface area contributed by atoms with Crippen LogP contribution in [0.25, 0.3) is 0 Å². The summed E-state index contributed by atoms with van der Waals surface area (Å²) in [4.78, 5) is 25.8. The normalized spacial score (nSPS) is 35.8. The van der Waals surface area contributed by atoms with Gasteiger partial charge in [-0.15, -0.1) is 13.2 Å². The van der Waals surface area contributed by atoms with Crippen LogP contribution in [0.4, 0.5) is 18.0 Å². The number of halogens is 3. The predicted octanol–water partition coefficient (Wildman–Crippen LogP) is 2.65. The van der Waals surface area contributed by atoms with E-state index in [4.69, 9.17) is 4.74 Å². The molecule has 2 heterocycles. The van der Waals surface area contributed by atoms with Crippen molar-refractivity contribution in [2.75, 3.05) is 19.7 Å². The number of rotatable bonds is 3. The SMILES string of the molecule is O=C1NC2(CO1)CC(C(=O)N1C[C@@H]3[C@H](C1)[C@H]3c1cccc(OC(F)(F)F)c1)C2. The second-order valence-corrected chi connectivity index (χ2v) is 8.30. The molecule has 2 amide bonds. The molecule has 2 saturated carbocycles. The molecule has 2 saturated heterocycles. The number of nitrogens with zero attached hydrogens (tertiary/aromatic N) is 1. The van der Waals surface area contributed by atoms with Gasteiger partial charge in [-0.25, -0.2) is 4.79 Å². The molecule has 2 aliphatic carbocycles. The Morgan fingerprint density at radius 3 is 2.57 bits per heavy atom. The number of carbonyl (C=O) groups is 2. The number of likely N-dealkylation sites (tertiary alicyclic amines) is 1. The van der Waals surface area contributed by atoms with Crippen LogP contribution in [-0.2, 0) is 9.53 Å². The van der Waals surface area contributed by atoms with Crippen LogP contribution in [0, 0.1) is 17.8 Å². The highest BCUT2D eigenvalue weighted by atomic mass is 19.4. The van der Waals surface area contributed by atoms with Crippen molar-refractivity contribution >= 4 is 12.0 Å². The first-order valence-corrected chi connectivity index (χ1v) is 9.32. The minimum atomic E-state index is -4.70. The summed E-state index contributed by atoms with van der Waals surface area (Å²) >= 11 is 0. The molecule has 1 N–H and O–H groups in total. The Morgan fingerprint density at radius 1 is 1.25 bits per heavy atom. The zero-order valence-corrected chi connectivity index (χ0v) is 14.9. The van der Waals surface area contributed by atoms with Gasteiger partial charge in [-0.2, -0.15) is 0 Å². The summed E-state index contributed by atoms with van der Waals surface area (Å²) in [7, 11) is 0. The van der Waals surface area contributed by atoms with E-state index in [9.17, 15) is 22.8 Å². The highest BCUT2D eigenvalue weighted by molar-refractivity contribution is 5.82. The zero-order chi connectivity index (χ0) is 19.7. The van der Waals surface area contributed by atoms with Gasteiger partial charge in [0, 0.05) is 19.0 Å². The van der Waals surface area contributed by atoms with E-state index in [1.807, 2.05) is 11.0 Å². The standard InChI is InChI=1S/C19H19F3N2O4/c20-19(21,22)28-12-3-1-2-10(4-12)15-13-7-24(8-14(13)15)16(25)11-5-18(6-11)9-27-17(26)23-18/h1-4,11,13-15H,5-9H2,(H,23,26)/t11?,13-,14+,15+,18?. The minimum absolute atomic E-state index is 0.0959. The molecule has 0 bridgehead atoms. The Labute approximate surface area is 159 Å². The summed E-state index contributed by atoms with van der Waals surface area (Å²) in [6.45, 7) is 1.58. The van der Waals surface area contributed by atoms with Gasteiger partial charge in [-0.05, 0) is 48.3 Å². The van der Waals surface area contributed by atoms with Crippen LogP contribution in [0.2, 0.25) is 0 Å². The summed E-state index contributed by atoms with van der Waals surface area (Å²) in [5.74, 6) is 0.551. The summed E-state index contributed by atoms with van der Waals surface area (Å²) < 4.78 is 46.2. The van der Waals surface area contributed by atoms with Crippen molar-refractivity contribution < 1.29 is 32.2 Å². The molecule has 0 aromatic heterocycles. The molecule has 0 radical (unpaired) electrons. The van der Waals surface area contributed by atoms with E-state index < -0.39 is 12.5 Å². The Kier molecular flexibility index (Phi) is 3.64. The van der Waals surface area contributed by atoms with E-state index >= 15 is 0 Å². The number of carbonyl (C=O) groups excluding carboxylic acids is 2. The van der Waals surface area contributed by atoms with Crippen LogP contribution in [0.3, 0.4) is 0 Å². The maximum Gasteiger partial charge on any atom is 0.573 e. The maximum absolute atomic E-state index is 12.7. The second kappa shape index (κ2) is 5.78. The highest BCUT2D eigenvalue weighted by Gasteiger charge is 2.59. The number of hydrogen-bond donors (Lipinski definition) is 1. The monoisotopic (exact) mass is 396 g/mol. The molecule has 28 heavy (non-hydrogen) atoms. The van der Waals surface area contributed by atoms with E-state index in [0.717, 1.165) is 5.56 Å². The number of benzene rings is 1. The first-order valence-electron chi connectivity index (χ1n) is 9.32. The Hall–Kier alpha value is -2.45. The molecule has 3 atom stereocenters. The van der Waals surface area contributed by atoms with Crippen molar-refractivity contribution in [1.82, 2.24) is 10.2 Å². The van der Waals surface area contributed by atoms with Crippen LogP contribution < -0.4 is 10.1 Å². The number of alkyl halides is 3. The number of amides is 2. The topological polar surface area (TPSA) is 67.9 Å². The number of nitrogens with one attached hydrogen (secondary N) is 1. The van der Waals surface area contributed by atoms with Gasteiger partial charge in [0.15, 0.2) is 0 Å². The predicted molar refractivity (Wildman–Crippen MR) is 89.4 cm³/mol. The van der Waals surface area contributed by atoms with E-state index in [1.54, 1.807) is 6.07 Å². The van der Waals surface area contributed by atoms with Gasteiger partial charge in [0.1, 0.15) is 12.4 Å². The summed E-state index contributed by atoms with van der Waals surface area (Å²) in [6, 6.07) is 6.13. The molecule has 1 spiro atoms. The van der Waals surface area contributed by atoms with Gasteiger partial charge in [-0.3, -0.25) is 4.79 Å². The fourth-order valence-electron chi connectivity index (χ4n) is 5.15. The quantitative estimate of drug-likeness (QED) is 0.853. The highest BCUT2D eigenvalue weighted by Crippen LogP contribution is 2.59. The molecule has 5 rings (SSSR count). The molecule has 4 aliphatic rings. The van der Waals surface area contributed by atoms with Crippen molar-refractivity contribution in [1.29, 1.82) is 0 Å². The van der Waals surface area contributed by atoms with E-state index in [1.165, 1.54) is 12.1 Å². The Bertz CT molecular complexity index is 825. The summed E-state index contributed by atoms with van der Waals surface area (Å²) in [5, 5.41) is 2.79. The van der Waals surface area contributed by atoms with E-state index in [2.05, 4.69) is 10.1 Å². The lowest BCUT2D eigenvalue weighted by molar-refractivity contribution is -0.274. The molecule has 150 valence electrons. The molecule has 9 heteroatoms. The Morgan fingerprint density at radius 2 is 1.96 bits per heavy atom. The fourth-order valence-corrected chi connectivity index (χ4v) is 5.15. The molecule has 1 aromatic rings. The van der Waals surface area contributed by atoms with Gasteiger partial charge in [-0.1, -0.05) is 12.1 Å². The minimum Gasteiger partial charge on any atom is -0.447 e. The van der Waals surface area contributed by atoms with Crippen LogP contribution in [-0.4, -0.2) is 48.5 Å². The maximum atomic E-state index is 12.7. The molecular formula is C19H19F3N2O4. The van der Waals surface area contributed by atoms with Crippen LogP contribution in [0.15, 0.2) is 24.3 Å². The van der Waals surface area contributed by atoms with Crippen LogP contribution in [0.5, 0.6) is 5.75 Å². The van der Waals surface area contributed by atoms with Crippen molar-refractivity contribution in [3.63, 3.8) is 0 Å². The number of ether oxygens (including phenoxy) is 2. The number of hydrogen-bond acceptors (Lipinski definition) is 4. The Balaban J connectivity index is 1.16. The van der Waals surface area contributed by atoms with Crippen molar-refractivity contribution in [3.05, 3.63) is 29.8 Å². The largest absolute Gasteiger partial charge is 0.573 e. The average molecular weight is 396 g/mol. The summed E-state index contributed by atoms with van der Waals surface area (Å²) in [5.41, 5.74) is 0.457. The average Bonchev–Trinajstić information content (AvgIpc) is 2.91. The lowest BCUT2D eigenvalue weighted by Gasteiger charge is -2.43. The van der Waals surface area contributed by atoms with Crippen molar-refractivity contribution in [2.24, 2.45) is 17.8 Å². The smallest absolute Gasteiger partial charge is 0.447 e. The third-order valence-electron chi connectivity index (χ3n) is 6.45. The fraction of sp³-hybridized carbons (Fsp3) is 0.579. The van der Waals surface area contributed by atoms with Crippen LogP contribution in [0.1, 0.15) is 24.3 Å². The lowest BCUT2D eigenvalue weighted by Crippen LogP contribution is -2.58. The zero-order valence-electron chi connectivity index (χ0n) is 14.9. The second-order valence-electron chi connectivity index (χ2n) is 8.30. The summed E-state index contributed by atoms with van der Waals surface area (Å²) in [6.07, 6.45) is -3.92. The molecular weight excluding hydrogens is 377 g/mol. The molecule has 6 nitrogen and oxygen atoms in total. The molecule has 2 aliphatic heterocycles. The lowest BCUT2D eigenvalue weighted by atomic mass is 9.68. The first kappa shape index (κ1) is 17.6. The van der Waals surface area contributed by atoms with Crippen molar-refractivity contribution in [2.45, 2.75) is 30.7 Å². The third-order valence-corrected chi connectivity index (χ3v) is 6.45. The first-order chi connectivity index (χ1) is 13.2.